The van der Waals surface area contributed by atoms with Crippen LogP contribution in [0.2, 0.25) is 0 Å². The van der Waals surface area contributed by atoms with Crippen LogP contribution in [0.5, 0.6) is 0 Å². The number of rotatable bonds is 5. The number of unbranched alkanes of at least 4 members (excludes halogenated alkanes) is 1. The van der Waals surface area contributed by atoms with Crippen molar-refractivity contribution >= 4 is 23.2 Å². The molecule has 0 aliphatic heterocycles. The normalized spacial score (nSPS) is 10.9. The fourth-order valence-electron chi connectivity index (χ4n) is 0.615. The molecule has 0 amide bonds. The smallest absolute Gasteiger partial charge is 0.212 e. The van der Waals surface area contributed by atoms with Crippen molar-refractivity contribution in [1.29, 1.82) is 0 Å². The van der Waals surface area contributed by atoms with Crippen molar-refractivity contribution in [1.82, 2.24) is 0 Å². The van der Waals surface area contributed by atoms with Crippen LogP contribution in [0.4, 0.5) is 0 Å². The molecule has 0 saturated heterocycles. The number of carbonyl (C=O) groups is 2. The third-order valence-corrected chi connectivity index (χ3v) is 1.90. The lowest BCUT2D eigenvalue weighted by Gasteiger charge is -1.97. The molecule has 0 radical (unpaired) electrons. The van der Waals surface area contributed by atoms with E-state index < -0.39 is 0 Å². The number of thioether (sulfide) groups is 1. The molecule has 0 N–H and O–H groups in total. The van der Waals surface area contributed by atoms with Crippen LogP contribution in [0.25, 0.3) is 0 Å². The summed E-state index contributed by atoms with van der Waals surface area (Å²) in [5, 5.41) is 0.393. The fraction of sp³-hybridized carbons (Fsp3) is 0.556. The van der Waals surface area contributed by atoms with Gasteiger partial charge in [-0.3, -0.25) is 4.79 Å². The predicted octanol–water partition coefficient (Wildman–Crippen LogP) is 2.19. The molecule has 0 bridgehead atoms. The van der Waals surface area contributed by atoms with Crippen LogP contribution in [-0.2, 0) is 9.59 Å². The van der Waals surface area contributed by atoms with E-state index in [1.807, 2.05) is 13.8 Å². The van der Waals surface area contributed by atoms with Gasteiger partial charge in [0.2, 0.25) is 5.12 Å². The number of carbonyl (C=O) groups excluding carboxylic acids is 2. The Bertz CT molecular complexity index is 173. The molecule has 0 aromatic carbocycles. The van der Waals surface area contributed by atoms with Gasteiger partial charge in [0.15, 0.2) is 0 Å². The van der Waals surface area contributed by atoms with Gasteiger partial charge in [0.25, 0.3) is 0 Å². The van der Waals surface area contributed by atoms with Crippen molar-refractivity contribution in [2.45, 2.75) is 31.9 Å². The van der Waals surface area contributed by atoms with Crippen molar-refractivity contribution in [2.24, 2.45) is 0 Å². The maximum atomic E-state index is 11.0. The molecule has 12 heavy (non-hydrogen) atoms. The van der Waals surface area contributed by atoms with Gasteiger partial charge in [0.05, 0.1) is 0 Å². The monoisotopic (exact) mass is 186 g/mol. The molecule has 3 heteroatoms. The van der Waals surface area contributed by atoms with Crippen LogP contribution < -0.4 is 0 Å². The standard InChI is InChI=1S/C9H14O2S/c1-8(2)12-9(11)6-4-3-5-7-10/h4,6-8H,3,5H2,1-2H3/b6-4+. The van der Waals surface area contributed by atoms with Crippen LogP contribution in [-0.4, -0.2) is 16.7 Å². The van der Waals surface area contributed by atoms with Crippen molar-refractivity contribution < 1.29 is 9.59 Å². The van der Waals surface area contributed by atoms with E-state index in [9.17, 15) is 9.59 Å². The van der Waals surface area contributed by atoms with Crippen LogP contribution >= 0.6 is 11.8 Å². The summed E-state index contributed by atoms with van der Waals surface area (Å²) in [5.74, 6) is 0. The van der Waals surface area contributed by atoms with Gasteiger partial charge in [-0.15, -0.1) is 0 Å². The van der Waals surface area contributed by atoms with E-state index in [1.54, 1.807) is 6.08 Å². The lowest BCUT2D eigenvalue weighted by atomic mass is 10.3. The van der Waals surface area contributed by atoms with Gasteiger partial charge >= 0.3 is 0 Å². The highest BCUT2D eigenvalue weighted by Gasteiger charge is 1.99. The van der Waals surface area contributed by atoms with Gasteiger partial charge in [-0.2, -0.15) is 0 Å². The number of hydrogen-bond donors (Lipinski definition) is 0. The molecule has 0 aliphatic rings. The van der Waals surface area contributed by atoms with E-state index in [2.05, 4.69) is 0 Å². The van der Waals surface area contributed by atoms with Gasteiger partial charge in [0.1, 0.15) is 6.29 Å². The highest BCUT2D eigenvalue weighted by Crippen LogP contribution is 2.10. The molecule has 2 nitrogen and oxygen atoms in total. The van der Waals surface area contributed by atoms with E-state index in [1.165, 1.54) is 17.8 Å². The Morgan fingerprint density at radius 2 is 2.08 bits per heavy atom. The van der Waals surface area contributed by atoms with E-state index in [0.717, 1.165) is 6.29 Å². The summed E-state index contributed by atoms with van der Waals surface area (Å²) in [6.45, 7) is 3.95. The van der Waals surface area contributed by atoms with Crippen molar-refractivity contribution in [3.05, 3.63) is 12.2 Å². The van der Waals surface area contributed by atoms with Crippen LogP contribution in [0.15, 0.2) is 12.2 Å². The van der Waals surface area contributed by atoms with E-state index in [-0.39, 0.29) is 5.12 Å². The minimum absolute atomic E-state index is 0.0656. The molecule has 0 heterocycles. The third-order valence-electron chi connectivity index (χ3n) is 1.06. The van der Waals surface area contributed by atoms with Gasteiger partial charge in [-0.1, -0.05) is 31.7 Å². The first-order chi connectivity index (χ1) is 5.66. The largest absolute Gasteiger partial charge is 0.303 e. The Balaban J connectivity index is 3.53. The second-order valence-electron chi connectivity index (χ2n) is 2.63. The second kappa shape index (κ2) is 7.10. The molecule has 0 unspecified atom stereocenters. The van der Waals surface area contributed by atoms with Crippen molar-refractivity contribution in [2.75, 3.05) is 0 Å². The Labute approximate surface area is 77.4 Å². The Morgan fingerprint density at radius 1 is 1.42 bits per heavy atom. The molecular weight excluding hydrogens is 172 g/mol. The molecule has 0 rings (SSSR count). The van der Waals surface area contributed by atoms with Crippen LogP contribution in [0, 0.1) is 0 Å². The predicted molar refractivity (Wildman–Crippen MR) is 52.2 cm³/mol. The van der Waals surface area contributed by atoms with Gasteiger partial charge < -0.3 is 4.79 Å². The van der Waals surface area contributed by atoms with Crippen LogP contribution in [0.3, 0.4) is 0 Å². The van der Waals surface area contributed by atoms with E-state index >= 15 is 0 Å². The summed E-state index contributed by atoms with van der Waals surface area (Å²) in [5.41, 5.74) is 0. The average molecular weight is 186 g/mol. The minimum atomic E-state index is 0.0656. The lowest BCUT2D eigenvalue weighted by molar-refractivity contribution is -0.108. The quantitative estimate of drug-likeness (QED) is 0.375. The van der Waals surface area contributed by atoms with Gasteiger partial charge in [-0.05, 0) is 12.5 Å². The zero-order valence-electron chi connectivity index (χ0n) is 7.45. The van der Waals surface area contributed by atoms with Gasteiger partial charge in [-0.25, -0.2) is 0 Å². The second-order valence-corrected chi connectivity index (χ2v) is 4.21. The highest BCUT2D eigenvalue weighted by molar-refractivity contribution is 8.14. The summed E-state index contributed by atoms with van der Waals surface area (Å²) < 4.78 is 0. The molecule has 0 spiro atoms. The topological polar surface area (TPSA) is 34.1 Å². The first-order valence-electron chi connectivity index (χ1n) is 3.97. The first-order valence-corrected chi connectivity index (χ1v) is 4.85. The SMILES string of the molecule is CC(C)SC(=O)/C=C/CCC=O. The molecule has 0 fully saturated rings. The zero-order valence-corrected chi connectivity index (χ0v) is 8.26. The molecular formula is C9H14O2S. The molecule has 68 valence electrons. The molecule has 0 aromatic rings. The first kappa shape index (κ1) is 11.4. The van der Waals surface area contributed by atoms with Gasteiger partial charge in [0, 0.05) is 11.7 Å². The average Bonchev–Trinajstić information content (AvgIpc) is 1.97. The Kier molecular flexibility index (Phi) is 6.76. The molecule has 0 atom stereocenters. The highest BCUT2D eigenvalue weighted by atomic mass is 32.2. The summed E-state index contributed by atoms with van der Waals surface area (Å²) >= 11 is 1.30. The maximum Gasteiger partial charge on any atom is 0.212 e. The molecule has 0 aromatic heterocycles. The third kappa shape index (κ3) is 7.54. The van der Waals surface area contributed by atoms with Crippen molar-refractivity contribution in [3.8, 4) is 0 Å². The summed E-state index contributed by atoms with van der Waals surface area (Å²) in [6, 6.07) is 0. The van der Waals surface area contributed by atoms with E-state index in [0.29, 0.717) is 18.1 Å². The summed E-state index contributed by atoms with van der Waals surface area (Å²) in [4.78, 5) is 20.9. The lowest BCUT2D eigenvalue weighted by Crippen LogP contribution is -1.93. The molecule has 0 saturated carbocycles. The number of aldehydes is 1. The van der Waals surface area contributed by atoms with E-state index in [4.69, 9.17) is 0 Å². The van der Waals surface area contributed by atoms with Crippen LogP contribution in [0.1, 0.15) is 26.7 Å². The number of hydrogen-bond acceptors (Lipinski definition) is 3. The maximum absolute atomic E-state index is 11.0. The summed E-state index contributed by atoms with van der Waals surface area (Å²) in [7, 11) is 0. The Hall–Kier alpha value is -0.570. The minimum Gasteiger partial charge on any atom is -0.303 e. The molecule has 0 aliphatic carbocycles. The Morgan fingerprint density at radius 3 is 2.58 bits per heavy atom. The summed E-state index contributed by atoms with van der Waals surface area (Å²) in [6.07, 6.45) is 5.29. The zero-order chi connectivity index (χ0) is 9.40. The fourth-order valence-corrected chi connectivity index (χ4v) is 1.25. The number of allylic oxidation sites excluding steroid dienone is 1. The van der Waals surface area contributed by atoms with Crippen molar-refractivity contribution in [3.63, 3.8) is 0 Å².